The number of ether oxygens (including phenoxy) is 1. The van der Waals surface area contributed by atoms with Crippen molar-refractivity contribution in [1.29, 1.82) is 0 Å². The van der Waals surface area contributed by atoms with E-state index in [4.69, 9.17) is 10.5 Å². The summed E-state index contributed by atoms with van der Waals surface area (Å²) in [5, 5.41) is 6.16. The van der Waals surface area contributed by atoms with Gasteiger partial charge in [-0.3, -0.25) is 0 Å². The van der Waals surface area contributed by atoms with Crippen LogP contribution in [-0.2, 0) is 4.74 Å². The minimum Gasteiger partial charge on any atom is -0.448 e. The Morgan fingerprint density at radius 2 is 2.53 bits per heavy atom. The van der Waals surface area contributed by atoms with Gasteiger partial charge in [-0.15, -0.1) is 23.1 Å². The Bertz CT molecular complexity index is 395. The summed E-state index contributed by atoms with van der Waals surface area (Å²) in [6, 6.07) is 2.54. The molecule has 1 aliphatic rings. The van der Waals surface area contributed by atoms with Gasteiger partial charge in [0, 0.05) is 17.8 Å². The molecule has 4 nitrogen and oxygen atoms in total. The number of carbonyl (C=O) groups excluding carboxylic acids is 1. The van der Waals surface area contributed by atoms with Gasteiger partial charge < -0.3 is 15.8 Å². The van der Waals surface area contributed by atoms with E-state index in [2.05, 4.69) is 23.7 Å². The van der Waals surface area contributed by atoms with Crippen LogP contribution < -0.4 is 11.1 Å². The van der Waals surface area contributed by atoms with E-state index in [0.29, 0.717) is 24.4 Å². The van der Waals surface area contributed by atoms with Crippen LogP contribution in [0.4, 0.5) is 4.79 Å². The molecular formula is C11H16N2O2S2. The first-order chi connectivity index (χ1) is 8.16. The van der Waals surface area contributed by atoms with Crippen LogP contribution in [0.25, 0.3) is 0 Å². The molecule has 0 fully saturated rings. The predicted octanol–water partition coefficient (Wildman–Crippen LogP) is 2.36. The first kappa shape index (κ1) is 12.7. The van der Waals surface area contributed by atoms with E-state index in [1.807, 2.05) is 11.8 Å². The van der Waals surface area contributed by atoms with Crippen molar-refractivity contribution < 1.29 is 9.53 Å². The van der Waals surface area contributed by atoms with E-state index in [1.54, 1.807) is 11.3 Å². The number of hydrogen-bond donors (Lipinski definition) is 2. The summed E-state index contributed by atoms with van der Waals surface area (Å²) in [6.45, 7) is 3.20. The lowest BCUT2D eigenvalue weighted by molar-refractivity contribution is 0.156. The molecule has 0 aliphatic carbocycles. The zero-order valence-corrected chi connectivity index (χ0v) is 11.3. The Labute approximate surface area is 109 Å². The Morgan fingerprint density at radius 3 is 3.29 bits per heavy atom. The number of thiophene rings is 1. The zero-order chi connectivity index (χ0) is 12.3. The van der Waals surface area contributed by atoms with Crippen LogP contribution in [0.15, 0.2) is 15.7 Å². The quantitative estimate of drug-likeness (QED) is 0.826. The molecule has 0 radical (unpaired) electrons. The fourth-order valence-electron chi connectivity index (χ4n) is 1.93. The lowest BCUT2D eigenvalue weighted by Gasteiger charge is -2.27. The third-order valence-electron chi connectivity index (χ3n) is 2.65. The zero-order valence-electron chi connectivity index (χ0n) is 9.64. The normalized spacial score (nSPS) is 23.1. The molecule has 1 aromatic heterocycles. The van der Waals surface area contributed by atoms with E-state index in [0.717, 1.165) is 6.42 Å². The Hall–Kier alpha value is -0.720. The van der Waals surface area contributed by atoms with Gasteiger partial charge in [0.05, 0.1) is 4.21 Å². The molecule has 2 rings (SSSR count). The highest BCUT2D eigenvalue weighted by atomic mass is 32.2. The number of primary amides is 1. The second-order valence-electron chi connectivity index (χ2n) is 4.00. The van der Waals surface area contributed by atoms with Gasteiger partial charge in [0.15, 0.2) is 0 Å². The molecule has 0 saturated heterocycles. The van der Waals surface area contributed by atoms with E-state index >= 15 is 0 Å². The van der Waals surface area contributed by atoms with Crippen LogP contribution in [0.5, 0.6) is 0 Å². The molecule has 0 saturated carbocycles. The smallest absolute Gasteiger partial charge is 0.404 e. The molecule has 0 bridgehead atoms. The highest BCUT2D eigenvalue weighted by Gasteiger charge is 2.25. The molecule has 2 atom stereocenters. The molecule has 1 unspecified atom stereocenters. The summed E-state index contributed by atoms with van der Waals surface area (Å²) in [5.74, 6) is 0. The number of thioether (sulfide) groups is 1. The highest BCUT2D eigenvalue weighted by Crippen LogP contribution is 2.43. The molecule has 1 amide bonds. The second kappa shape index (κ2) is 5.75. The second-order valence-corrected chi connectivity index (χ2v) is 6.63. The maximum absolute atomic E-state index is 10.4. The maximum Gasteiger partial charge on any atom is 0.404 e. The lowest BCUT2D eigenvalue weighted by atomic mass is 10.1. The van der Waals surface area contributed by atoms with E-state index < -0.39 is 6.09 Å². The van der Waals surface area contributed by atoms with Crippen molar-refractivity contribution >= 4 is 29.2 Å². The lowest BCUT2D eigenvalue weighted by Crippen LogP contribution is -2.30. The highest BCUT2D eigenvalue weighted by molar-refractivity contribution is 8.01. The monoisotopic (exact) mass is 272 g/mol. The molecular weight excluding hydrogens is 256 g/mol. The molecule has 2 heterocycles. The number of amides is 1. The topological polar surface area (TPSA) is 64.3 Å². The maximum atomic E-state index is 10.4. The minimum absolute atomic E-state index is 0.326. The summed E-state index contributed by atoms with van der Waals surface area (Å²) in [5.41, 5.74) is 6.28. The van der Waals surface area contributed by atoms with Crippen LogP contribution >= 0.6 is 23.1 Å². The molecule has 0 spiro atoms. The van der Waals surface area contributed by atoms with Crippen LogP contribution in [0.3, 0.4) is 0 Å². The van der Waals surface area contributed by atoms with Crippen LogP contribution in [0.1, 0.15) is 24.9 Å². The summed E-state index contributed by atoms with van der Waals surface area (Å²) in [4.78, 5) is 10.4. The fourth-order valence-corrected chi connectivity index (χ4v) is 4.49. The van der Waals surface area contributed by atoms with E-state index in [1.165, 1.54) is 9.77 Å². The van der Waals surface area contributed by atoms with Crippen molar-refractivity contribution in [1.82, 2.24) is 5.32 Å². The average Bonchev–Trinajstić information content (AvgIpc) is 2.71. The standard InChI is InChI=1S/C11H16N2O2S2/c1-7-6-9(13-3-4-15-11(12)14)8-2-5-16-10(8)17-7/h2,5,7,9,13H,3-4,6H2,1H3,(H2,12,14)/t7-,9?/m0/s1. The largest absolute Gasteiger partial charge is 0.448 e. The molecule has 94 valence electrons. The molecule has 6 heteroatoms. The van der Waals surface area contributed by atoms with Gasteiger partial charge in [0.25, 0.3) is 0 Å². The van der Waals surface area contributed by atoms with Gasteiger partial charge in [0.2, 0.25) is 0 Å². The molecule has 1 aromatic rings. The summed E-state index contributed by atoms with van der Waals surface area (Å²) in [6.07, 6.45) is 0.390. The van der Waals surface area contributed by atoms with Crippen molar-refractivity contribution in [3.8, 4) is 0 Å². The summed E-state index contributed by atoms with van der Waals surface area (Å²) < 4.78 is 6.10. The SMILES string of the molecule is C[C@H]1CC(NCCOC(N)=O)c2ccsc2S1. The first-order valence-electron chi connectivity index (χ1n) is 5.56. The van der Waals surface area contributed by atoms with Crippen LogP contribution in [-0.4, -0.2) is 24.5 Å². The van der Waals surface area contributed by atoms with Crippen molar-refractivity contribution in [3.63, 3.8) is 0 Å². The molecule has 17 heavy (non-hydrogen) atoms. The van der Waals surface area contributed by atoms with Crippen LogP contribution in [0.2, 0.25) is 0 Å². The van der Waals surface area contributed by atoms with Gasteiger partial charge in [0.1, 0.15) is 6.61 Å². The molecule has 1 aliphatic heterocycles. The van der Waals surface area contributed by atoms with Crippen molar-refractivity contribution in [2.75, 3.05) is 13.2 Å². The number of hydrogen-bond acceptors (Lipinski definition) is 5. The van der Waals surface area contributed by atoms with Crippen molar-refractivity contribution in [2.45, 2.75) is 28.8 Å². The van der Waals surface area contributed by atoms with Gasteiger partial charge in [-0.25, -0.2) is 4.79 Å². The fraction of sp³-hybridized carbons (Fsp3) is 0.545. The third-order valence-corrected chi connectivity index (χ3v) is 4.99. The average molecular weight is 272 g/mol. The number of rotatable bonds is 4. The van der Waals surface area contributed by atoms with Crippen molar-refractivity contribution in [2.24, 2.45) is 5.73 Å². The first-order valence-corrected chi connectivity index (χ1v) is 7.32. The Kier molecular flexibility index (Phi) is 4.31. The van der Waals surface area contributed by atoms with Crippen molar-refractivity contribution in [3.05, 3.63) is 17.0 Å². The van der Waals surface area contributed by atoms with Gasteiger partial charge in [-0.1, -0.05) is 6.92 Å². The van der Waals surface area contributed by atoms with Crippen LogP contribution in [0, 0.1) is 0 Å². The predicted molar refractivity (Wildman–Crippen MR) is 70.5 cm³/mol. The third kappa shape index (κ3) is 3.37. The summed E-state index contributed by atoms with van der Waals surface area (Å²) in [7, 11) is 0. The molecule has 3 N–H and O–H groups in total. The number of nitrogens with two attached hydrogens (primary N) is 1. The van der Waals surface area contributed by atoms with E-state index in [9.17, 15) is 4.79 Å². The molecule has 0 aromatic carbocycles. The number of fused-ring (bicyclic) bond motifs is 1. The van der Waals surface area contributed by atoms with Gasteiger partial charge in [-0.2, -0.15) is 0 Å². The van der Waals surface area contributed by atoms with E-state index in [-0.39, 0.29) is 0 Å². The van der Waals surface area contributed by atoms with Gasteiger partial charge >= 0.3 is 6.09 Å². The minimum atomic E-state index is -0.712. The number of carbonyl (C=O) groups is 1. The summed E-state index contributed by atoms with van der Waals surface area (Å²) >= 11 is 3.73. The Morgan fingerprint density at radius 1 is 1.71 bits per heavy atom. The Balaban J connectivity index is 1.87. The number of nitrogens with one attached hydrogen (secondary N) is 1. The van der Waals surface area contributed by atoms with Gasteiger partial charge in [-0.05, 0) is 23.4 Å².